The van der Waals surface area contributed by atoms with Crippen molar-refractivity contribution in [3.05, 3.63) is 70.4 Å². The first-order valence-corrected chi connectivity index (χ1v) is 18.7. The standard InChI is InChI=1S/C39H42ClF2N5O4S/c1-21-17-29-35(32(23-7-10-26(40)11-8-23)31(21)34(22(2)48)51-39(3,4)5)52-36(43-29)25-9-12-30-28(18-25)33(44-47(30)37(41)42)24-13-15-45(16-14-24)27-19-46(20-27)38(49)50-6/h7-12,17-18,24,27,34,37H,13-16,19-20H2,1-6H3/t34-/m1/s1. The third kappa shape index (κ3) is 6.93. The van der Waals surface area contributed by atoms with Gasteiger partial charge in [0.15, 0.2) is 5.78 Å². The van der Waals surface area contributed by atoms with Crippen LogP contribution >= 0.6 is 22.9 Å². The van der Waals surface area contributed by atoms with Gasteiger partial charge < -0.3 is 14.4 Å². The number of carbonyl (C=O) groups excluding carboxylic acids is 2. The number of aryl methyl sites for hydroxylation is 1. The number of carbonyl (C=O) groups is 2. The van der Waals surface area contributed by atoms with Gasteiger partial charge in [-0.15, -0.1) is 11.3 Å². The summed E-state index contributed by atoms with van der Waals surface area (Å²) in [6.07, 6.45) is 0.430. The fraction of sp³-hybridized carbons (Fsp3) is 0.436. The molecule has 0 spiro atoms. The molecule has 2 aliphatic heterocycles. The number of nitrogens with zero attached hydrogens (tertiary/aromatic N) is 5. The molecule has 2 aromatic heterocycles. The van der Waals surface area contributed by atoms with E-state index in [1.54, 1.807) is 17.9 Å². The van der Waals surface area contributed by atoms with Gasteiger partial charge >= 0.3 is 12.6 Å². The number of fused-ring (bicyclic) bond motifs is 2. The molecule has 13 heteroatoms. The van der Waals surface area contributed by atoms with Crippen LogP contribution in [0, 0.1) is 6.92 Å². The van der Waals surface area contributed by atoms with Gasteiger partial charge in [-0.25, -0.2) is 14.5 Å². The second-order valence-electron chi connectivity index (χ2n) is 14.8. The minimum Gasteiger partial charge on any atom is -0.453 e. The van der Waals surface area contributed by atoms with Gasteiger partial charge in [0.1, 0.15) is 11.1 Å². The number of amides is 1. The van der Waals surface area contributed by atoms with Gasteiger partial charge in [-0.05, 0) is 108 Å². The average molecular weight is 750 g/mol. The molecular formula is C39H42ClF2N5O4S. The normalized spacial score (nSPS) is 16.9. The summed E-state index contributed by atoms with van der Waals surface area (Å²) in [6.45, 7) is 9.38. The largest absolute Gasteiger partial charge is 0.453 e. The number of piperidine rings is 1. The number of benzene rings is 3. The van der Waals surface area contributed by atoms with Crippen LogP contribution in [-0.4, -0.2) is 81.4 Å². The first-order valence-electron chi connectivity index (χ1n) is 17.5. The Labute approximate surface area is 310 Å². The maximum atomic E-state index is 14.3. The number of methoxy groups -OCH3 is 1. The second-order valence-corrected chi connectivity index (χ2v) is 16.2. The SMILES string of the molecule is COC(=O)N1CC(N2CCC(c3nn(C(F)F)c4ccc(-c5nc6cc(C)c([C@H](OC(C)(C)C)C(C)=O)c(-c7ccc(Cl)cc7)c6s5)cc34)CC2)C1. The van der Waals surface area contributed by atoms with Crippen molar-refractivity contribution in [3.8, 4) is 21.7 Å². The van der Waals surface area contributed by atoms with Crippen LogP contribution in [0.25, 0.3) is 42.8 Å². The number of aromatic nitrogens is 3. The first-order chi connectivity index (χ1) is 24.7. The van der Waals surface area contributed by atoms with E-state index in [-0.39, 0.29) is 23.8 Å². The van der Waals surface area contributed by atoms with E-state index in [1.165, 1.54) is 18.4 Å². The highest BCUT2D eigenvalue weighted by Gasteiger charge is 2.38. The molecule has 2 fully saturated rings. The van der Waals surface area contributed by atoms with E-state index in [4.69, 9.17) is 26.1 Å². The third-order valence-electron chi connectivity index (χ3n) is 10.1. The van der Waals surface area contributed by atoms with Crippen LogP contribution in [0.5, 0.6) is 0 Å². The lowest BCUT2D eigenvalue weighted by molar-refractivity contribution is -0.138. The predicted octanol–water partition coefficient (Wildman–Crippen LogP) is 9.41. The lowest BCUT2D eigenvalue weighted by atomic mass is 9.90. The molecule has 274 valence electrons. The highest BCUT2D eigenvalue weighted by molar-refractivity contribution is 7.22. The Balaban J connectivity index is 1.28. The highest BCUT2D eigenvalue weighted by atomic mass is 35.5. The molecule has 0 aliphatic carbocycles. The number of halogens is 3. The van der Waals surface area contributed by atoms with E-state index < -0.39 is 18.3 Å². The number of hydrogen-bond donors (Lipinski definition) is 0. The molecule has 1 atom stereocenters. The van der Waals surface area contributed by atoms with Gasteiger partial charge in [0.25, 0.3) is 0 Å². The number of Topliss-reactive ketones (excluding diaryl/α,β-unsaturated/α-hetero) is 1. The van der Waals surface area contributed by atoms with Gasteiger partial charge in [-0.1, -0.05) is 23.7 Å². The number of thiazole rings is 1. The van der Waals surface area contributed by atoms with Gasteiger partial charge in [0.2, 0.25) is 0 Å². The smallest absolute Gasteiger partial charge is 0.409 e. The predicted molar refractivity (Wildman–Crippen MR) is 200 cm³/mol. The summed E-state index contributed by atoms with van der Waals surface area (Å²) in [6, 6.07) is 15.3. The lowest BCUT2D eigenvalue weighted by Crippen LogP contribution is -2.62. The fourth-order valence-corrected chi connectivity index (χ4v) is 8.77. The molecule has 52 heavy (non-hydrogen) atoms. The van der Waals surface area contributed by atoms with Crippen LogP contribution in [0.15, 0.2) is 48.5 Å². The van der Waals surface area contributed by atoms with Crippen LogP contribution in [0.1, 0.15) is 75.9 Å². The zero-order valence-corrected chi connectivity index (χ0v) is 31.7. The molecule has 3 aromatic carbocycles. The van der Waals surface area contributed by atoms with E-state index in [0.29, 0.717) is 34.7 Å². The molecule has 0 bridgehead atoms. The molecule has 1 amide bonds. The van der Waals surface area contributed by atoms with Crippen molar-refractivity contribution in [3.63, 3.8) is 0 Å². The Bertz CT molecular complexity index is 2150. The molecular weight excluding hydrogens is 708 g/mol. The average Bonchev–Trinajstić information content (AvgIpc) is 3.68. The number of alkyl halides is 2. The maximum Gasteiger partial charge on any atom is 0.409 e. The van der Waals surface area contributed by atoms with Crippen molar-refractivity contribution >= 4 is 55.9 Å². The minimum atomic E-state index is -2.78. The van der Waals surface area contributed by atoms with Crippen molar-refractivity contribution in [1.29, 1.82) is 0 Å². The Morgan fingerprint density at radius 1 is 1.02 bits per heavy atom. The van der Waals surface area contributed by atoms with Crippen molar-refractivity contribution in [2.45, 2.75) is 77.7 Å². The number of hydrogen-bond acceptors (Lipinski definition) is 8. The summed E-state index contributed by atoms with van der Waals surface area (Å²) in [7, 11) is 1.39. The topological polar surface area (TPSA) is 89.8 Å². The molecule has 2 saturated heterocycles. The highest BCUT2D eigenvalue weighted by Crippen LogP contribution is 2.45. The molecule has 4 heterocycles. The van der Waals surface area contributed by atoms with E-state index in [0.717, 1.165) is 73.7 Å². The minimum absolute atomic E-state index is 0.00852. The number of rotatable bonds is 8. The lowest BCUT2D eigenvalue weighted by Gasteiger charge is -2.46. The molecule has 0 radical (unpaired) electrons. The molecule has 0 saturated carbocycles. The van der Waals surface area contributed by atoms with E-state index >= 15 is 0 Å². The Hall–Kier alpha value is -3.97. The number of likely N-dealkylation sites (tertiary alicyclic amines) is 2. The zero-order valence-electron chi connectivity index (χ0n) is 30.1. The second kappa shape index (κ2) is 14.1. The number of ketones is 1. The maximum absolute atomic E-state index is 14.3. The van der Waals surface area contributed by atoms with Crippen LogP contribution in [-0.2, 0) is 14.3 Å². The van der Waals surface area contributed by atoms with Crippen molar-refractivity contribution in [2.75, 3.05) is 33.3 Å². The first kappa shape index (κ1) is 36.4. The van der Waals surface area contributed by atoms with Crippen molar-refractivity contribution in [1.82, 2.24) is 24.6 Å². The van der Waals surface area contributed by atoms with Crippen molar-refractivity contribution in [2.24, 2.45) is 0 Å². The Kier molecular flexibility index (Phi) is 9.88. The van der Waals surface area contributed by atoms with Crippen LogP contribution in [0.3, 0.4) is 0 Å². The summed E-state index contributed by atoms with van der Waals surface area (Å²) in [5.74, 6) is -0.0952. The quantitative estimate of drug-likeness (QED) is 0.156. The molecule has 0 N–H and O–H groups in total. The van der Waals surface area contributed by atoms with Crippen LogP contribution < -0.4 is 0 Å². The van der Waals surface area contributed by atoms with Gasteiger partial charge in [0.05, 0.1) is 34.1 Å². The third-order valence-corrected chi connectivity index (χ3v) is 11.4. The molecule has 7 rings (SSSR count). The molecule has 5 aromatic rings. The summed E-state index contributed by atoms with van der Waals surface area (Å²) < 4.78 is 41.6. The summed E-state index contributed by atoms with van der Waals surface area (Å²) in [5.41, 5.74) is 5.45. The molecule has 9 nitrogen and oxygen atoms in total. The fourth-order valence-electron chi connectivity index (χ4n) is 7.53. The van der Waals surface area contributed by atoms with E-state index in [9.17, 15) is 18.4 Å². The molecule has 2 aliphatic rings. The monoisotopic (exact) mass is 749 g/mol. The zero-order chi connectivity index (χ0) is 37.1. The van der Waals surface area contributed by atoms with E-state index in [2.05, 4.69) is 10.00 Å². The van der Waals surface area contributed by atoms with Crippen LogP contribution in [0.2, 0.25) is 5.02 Å². The van der Waals surface area contributed by atoms with Crippen LogP contribution in [0.4, 0.5) is 13.6 Å². The Morgan fingerprint density at radius 3 is 2.31 bits per heavy atom. The van der Waals surface area contributed by atoms with Crippen molar-refractivity contribution < 1.29 is 27.8 Å². The van der Waals surface area contributed by atoms with Gasteiger partial charge in [0, 0.05) is 52.1 Å². The van der Waals surface area contributed by atoms with E-state index in [1.807, 2.05) is 70.2 Å². The van der Waals surface area contributed by atoms with Gasteiger partial charge in [-0.2, -0.15) is 13.9 Å². The number of ether oxygens (including phenoxy) is 2. The van der Waals surface area contributed by atoms with Gasteiger partial charge in [-0.3, -0.25) is 9.69 Å². The summed E-state index contributed by atoms with van der Waals surface area (Å²) in [5, 5.41) is 6.52. The Morgan fingerprint density at radius 2 is 1.69 bits per heavy atom. The summed E-state index contributed by atoms with van der Waals surface area (Å²) in [4.78, 5) is 34.1. The molecule has 0 unspecified atom stereocenters. The summed E-state index contributed by atoms with van der Waals surface area (Å²) >= 11 is 7.79.